The van der Waals surface area contributed by atoms with Crippen LogP contribution in [0, 0.1) is 11.6 Å². The van der Waals surface area contributed by atoms with Gasteiger partial charge in [0.05, 0.1) is 19.8 Å². The third-order valence-corrected chi connectivity index (χ3v) is 7.88. The second-order valence-corrected chi connectivity index (χ2v) is 10.7. The maximum atomic E-state index is 14.5. The Kier molecular flexibility index (Phi) is 15.5. The predicted molar refractivity (Wildman–Crippen MR) is 153 cm³/mol. The minimum absolute atomic E-state index is 0. The number of methoxy groups -OCH3 is 2. The van der Waals surface area contributed by atoms with Crippen molar-refractivity contribution in [2.45, 2.75) is 110 Å². The van der Waals surface area contributed by atoms with Gasteiger partial charge in [0.25, 0.3) is 0 Å². The first-order chi connectivity index (χ1) is 18.6. The fourth-order valence-electron chi connectivity index (χ4n) is 5.61. The molecule has 2 aromatic carbocycles. The van der Waals surface area contributed by atoms with Gasteiger partial charge in [-0.1, -0.05) is 90.0 Å². The molecule has 1 heterocycles. The van der Waals surface area contributed by atoms with E-state index in [0.29, 0.717) is 5.75 Å². The Balaban J connectivity index is 0.00000533. The van der Waals surface area contributed by atoms with Gasteiger partial charge in [0.2, 0.25) is 0 Å². The molecule has 0 amide bonds. The molecule has 3 rings (SSSR count). The van der Waals surface area contributed by atoms with Gasteiger partial charge < -0.3 is 21.9 Å². The molecule has 0 atom stereocenters. The van der Waals surface area contributed by atoms with Crippen molar-refractivity contribution in [3.63, 3.8) is 0 Å². The summed E-state index contributed by atoms with van der Waals surface area (Å²) in [5, 5.41) is 0. The monoisotopic (exact) mass is 563 g/mol. The Labute approximate surface area is 241 Å². The van der Waals surface area contributed by atoms with E-state index in [1.165, 1.54) is 101 Å². The van der Waals surface area contributed by atoms with Crippen LogP contribution in [0.5, 0.6) is 11.5 Å². The van der Waals surface area contributed by atoms with Crippen LogP contribution in [0.1, 0.15) is 114 Å². The first-order valence-electron chi connectivity index (χ1n) is 14.9. The van der Waals surface area contributed by atoms with Gasteiger partial charge in [-0.25, -0.2) is 13.4 Å². The van der Waals surface area contributed by atoms with E-state index in [-0.39, 0.29) is 24.5 Å². The molecule has 6 heteroatoms. The largest absolute Gasteiger partial charge is 1.00 e. The van der Waals surface area contributed by atoms with Gasteiger partial charge in [0.15, 0.2) is 23.8 Å². The molecule has 1 aliphatic rings. The minimum Gasteiger partial charge on any atom is -1.00 e. The van der Waals surface area contributed by atoms with E-state index in [1.807, 2.05) is 6.07 Å². The standard InChI is InChI=1S/C33H48F2NO2.ClH/c1-4-5-6-7-8-9-10-11-12-13-14-15-16-20-31-27-24-33(38-3)32(37-2)23-26(27)21-22-36(31)25-28-29(34)18-17-19-30(28)35;/h17-19,23-24H,4-16,20-22,25H2,1-3H3;1H/q+1;/p-1. The Hall–Kier alpha value is -2.14. The number of nitrogens with zero attached hydrogens (tertiary/aromatic N) is 1. The van der Waals surface area contributed by atoms with Crippen molar-refractivity contribution in [2.24, 2.45) is 0 Å². The lowest BCUT2D eigenvalue weighted by Crippen LogP contribution is -3.00. The highest BCUT2D eigenvalue weighted by atomic mass is 35.5. The van der Waals surface area contributed by atoms with E-state index in [0.717, 1.165) is 42.8 Å². The van der Waals surface area contributed by atoms with E-state index in [1.54, 1.807) is 14.2 Å². The van der Waals surface area contributed by atoms with Crippen molar-refractivity contribution in [1.82, 2.24) is 0 Å². The van der Waals surface area contributed by atoms with Crippen LogP contribution in [0.15, 0.2) is 30.3 Å². The number of ether oxygens (including phenoxy) is 2. The summed E-state index contributed by atoms with van der Waals surface area (Å²) >= 11 is 0. The van der Waals surface area contributed by atoms with E-state index >= 15 is 0 Å². The molecule has 0 aliphatic carbocycles. The highest BCUT2D eigenvalue weighted by molar-refractivity contribution is 5.99. The number of hydrogen-bond acceptors (Lipinski definition) is 2. The molecule has 0 fully saturated rings. The summed E-state index contributed by atoms with van der Waals surface area (Å²) in [6, 6.07) is 8.20. The molecule has 0 N–H and O–H groups in total. The van der Waals surface area contributed by atoms with Gasteiger partial charge in [-0.15, -0.1) is 0 Å². The summed E-state index contributed by atoms with van der Waals surface area (Å²) in [5.74, 6) is 0.444. The van der Waals surface area contributed by atoms with E-state index < -0.39 is 11.6 Å². The topological polar surface area (TPSA) is 21.5 Å². The molecule has 0 saturated heterocycles. The summed E-state index contributed by atoms with van der Waals surface area (Å²) in [5.41, 5.74) is 3.61. The number of fused-ring (bicyclic) bond motifs is 1. The first-order valence-corrected chi connectivity index (χ1v) is 14.9. The number of rotatable bonds is 18. The number of unbranched alkanes of at least 4 members (excludes halogenated alkanes) is 12. The Bertz CT molecular complexity index is 1020. The SMILES string of the molecule is CCCCCCCCCCCCCCCC1=[N+](Cc2c(F)cccc2F)CCc2cc(OC)c(OC)cc21.[Cl-]. The highest BCUT2D eigenvalue weighted by Gasteiger charge is 2.29. The zero-order valence-electron chi connectivity index (χ0n) is 24.3. The maximum Gasteiger partial charge on any atom is 0.184 e. The van der Waals surface area contributed by atoms with Crippen LogP contribution in [0.3, 0.4) is 0 Å². The van der Waals surface area contributed by atoms with E-state index in [4.69, 9.17) is 9.47 Å². The highest BCUT2D eigenvalue weighted by Crippen LogP contribution is 2.33. The lowest BCUT2D eigenvalue weighted by Gasteiger charge is -2.21. The molecule has 1 aliphatic heterocycles. The number of hydrogen-bond donors (Lipinski definition) is 0. The number of halogens is 3. The molecule has 39 heavy (non-hydrogen) atoms. The fourth-order valence-corrected chi connectivity index (χ4v) is 5.61. The molecular weight excluding hydrogens is 516 g/mol. The van der Waals surface area contributed by atoms with E-state index in [2.05, 4.69) is 17.6 Å². The van der Waals surface area contributed by atoms with Crippen molar-refractivity contribution in [3.8, 4) is 11.5 Å². The van der Waals surface area contributed by atoms with Gasteiger partial charge in [0, 0.05) is 18.4 Å². The molecule has 3 nitrogen and oxygen atoms in total. The summed E-state index contributed by atoms with van der Waals surface area (Å²) in [4.78, 5) is 0. The molecule has 0 unspecified atom stereocenters. The van der Waals surface area contributed by atoms with Crippen molar-refractivity contribution < 1.29 is 35.2 Å². The van der Waals surface area contributed by atoms with Gasteiger partial charge in [-0.2, -0.15) is 0 Å². The maximum absolute atomic E-state index is 14.5. The first kappa shape index (κ1) is 33.1. The van der Waals surface area contributed by atoms with E-state index in [9.17, 15) is 8.78 Å². The van der Waals surface area contributed by atoms with Crippen LogP contribution in [0.4, 0.5) is 8.78 Å². The molecule has 0 aromatic heterocycles. The lowest BCUT2D eigenvalue weighted by atomic mass is 9.92. The predicted octanol–water partition coefficient (Wildman–Crippen LogP) is 6.03. The number of benzene rings is 2. The van der Waals surface area contributed by atoms with Gasteiger partial charge in [-0.3, -0.25) is 0 Å². The molecule has 218 valence electrons. The minimum atomic E-state index is -0.483. The molecule has 0 radical (unpaired) electrons. The Morgan fingerprint density at radius 3 is 1.79 bits per heavy atom. The van der Waals surface area contributed by atoms with Gasteiger partial charge >= 0.3 is 0 Å². The van der Waals surface area contributed by atoms with Crippen LogP contribution in [0.25, 0.3) is 0 Å². The quantitative estimate of drug-likeness (QED) is 0.163. The van der Waals surface area contributed by atoms with Crippen molar-refractivity contribution >= 4 is 5.71 Å². The fraction of sp³-hybridized carbons (Fsp3) is 0.606. The third kappa shape index (κ3) is 10.1. The lowest BCUT2D eigenvalue weighted by molar-refractivity contribution is -0.546. The van der Waals surface area contributed by atoms with Crippen LogP contribution < -0.4 is 21.9 Å². The van der Waals surface area contributed by atoms with Crippen molar-refractivity contribution in [2.75, 3.05) is 20.8 Å². The zero-order valence-corrected chi connectivity index (χ0v) is 25.1. The molecule has 0 bridgehead atoms. The normalized spacial score (nSPS) is 12.7. The summed E-state index contributed by atoms with van der Waals surface area (Å²) < 4.78 is 42.3. The second kappa shape index (κ2) is 18.3. The van der Waals surface area contributed by atoms with Crippen molar-refractivity contribution in [3.05, 3.63) is 58.7 Å². The van der Waals surface area contributed by atoms with Crippen LogP contribution in [-0.2, 0) is 13.0 Å². The third-order valence-electron chi connectivity index (χ3n) is 7.88. The molecule has 2 aromatic rings. The molecule has 0 saturated carbocycles. The van der Waals surface area contributed by atoms with Gasteiger partial charge in [0.1, 0.15) is 18.2 Å². The summed E-state index contributed by atoms with van der Waals surface area (Å²) in [7, 11) is 3.30. The smallest absolute Gasteiger partial charge is 0.184 e. The summed E-state index contributed by atoms with van der Waals surface area (Å²) in [6.07, 6.45) is 18.8. The average Bonchev–Trinajstić information content (AvgIpc) is 2.93. The Morgan fingerprint density at radius 1 is 0.744 bits per heavy atom. The van der Waals surface area contributed by atoms with Crippen LogP contribution in [-0.4, -0.2) is 31.1 Å². The van der Waals surface area contributed by atoms with Crippen LogP contribution >= 0.6 is 0 Å². The molecule has 0 spiro atoms. The second-order valence-electron chi connectivity index (χ2n) is 10.7. The Morgan fingerprint density at radius 2 is 1.26 bits per heavy atom. The molecular formula is C33H48ClF2NO2. The van der Waals surface area contributed by atoms with Gasteiger partial charge in [-0.05, 0) is 36.2 Å². The van der Waals surface area contributed by atoms with Crippen molar-refractivity contribution in [1.29, 1.82) is 0 Å². The van der Waals surface area contributed by atoms with Crippen LogP contribution in [0.2, 0.25) is 0 Å². The average molecular weight is 564 g/mol. The zero-order chi connectivity index (χ0) is 27.2. The summed E-state index contributed by atoms with van der Waals surface area (Å²) in [6.45, 7) is 3.23.